The lowest BCUT2D eigenvalue weighted by molar-refractivity contribution is 0.0210. The molecular formula is C26H24F2N4O. The molecule has 3 atom stereocenters. The maximum Gasteiger partial charge on any atom is 0.272 e. The molecular weight excluding hydrogens is 422 g/mol. The first-order valence-electron chi connectivity index (χ1n) is 11.4. The van der Waals surface area contributed by atoms with Gasteiger partial charge in [0.05, 0.1) is 17.3 Å². The summed E-state index contributed by atoms with van der Waals surface area (Å²) >= 11 is 0. The lowest BCUT2D eigenvalue weighted by Crippen LogP contribution is -2.51. The number of carbonyl (C=O) groups excluding carboxylic acids is 1. The van der Waals surface area contributed by atoms with Gasteiger partial charge in [-0.3, -0.25) is 9.78 Å². The minimum atomic E-state index is -0.871. The molecule has 1 N–H and O–H groups in total. The highest BCUT2D eigenvalue weighted by molar-refractivity contribution is 5.99. The molecule has 0 radical (unpaired) electrons. The van der Waals surface area contributed by atoms with Gasteiger partial charge < -0.3 is 5.32 Å². The standard InChI is InChI=1S/C26H24F2N4O/c1-31-24(16-7-9-20(27)21(28)13-16)19-14-18-5-2-6-23(30-18)25(19)32(31)26(33)17-8-10-22-15(12-17)4-3-11-29-22/h3-4,7-13,18,23-24,30H,2,5-6,14H2,1H3/t18-,23+,24?/m1/s1. The van der Waals surface area contributed by atoms with Crippen LogP contribution in [-0.2, 0) is 0 Å². The highest BCUT2D eigenvalue weighted by Gasteiger charge is 2.47. The minimum absolute atomic E-state index is 0.0660. The second kappa shape index (κ2) is 7.71. The number of hydrazine groups is 1. The molecule has 4 heterocycles. The van der Waals surface area contributed by atoms with Crippen molar-refractivity contribution in [1.29, 1.82) is 0 Å². The molecule has 1 saturated heterocycles. The third-order valence-corrected chi connectivity index (χ3v) is 7.16. The van der Waals surface area contributed by atoms with Crippen LogP contribution in [0.25, 0.3) is 10.9 Å². The summed E-state index contributed by atoms with van der Waals surface area (Å²) in [5, 5.41) is 8.21. The van der Waals surface area contributed by atoms with Crippen LogP contribution in [0, 0.1) is 11.6 Å². The molecule has 3 aliphatic heterocycles. The van der Waals surface area contributed by atoms with Crippen molar-refractivity contribution >= 4 is 16.8 Å². The Morgan fingerprint density at radius 3 is 2.82 bits per heavy atom. The van der Waals surface area contributed by atoms with E-state index < -0.39 is 11.6 Å². The van der Waals surface area contributed by atoms with Crippen LogP contribution in [0.5, 0.6) is 0 Å². The Labute approximate surface area is 190 Å². The molecule has 5 nitrogen and oxygen atoms in total. The molecule has 6 rings (SSSR count). The van der Waals surface area contributed by atoms with Crippen LogP contribution in [0.4, 0.5) is 8.78 Å². The first kappa shape index (κ1) is 20.4. The predicted molar refractivity (Wildman–Crippen MR) is 121 cm³/mol. The summed E-state index contributed by atoms with van der Waals surface area (Å²) < 4.78 is 27.9. The SMILES string of the molecule is CN1C(c2ccc(F)c(F)c2)C2=C([C@@H]3CCC[C@H](C2)N3)N1C(=O)c1ccc2ncccc2c1. The number of benzene rings is 2. The number of halogens is 2. The summed E-state index contributed by atoms with van der Waals surface area (Å²) in [5.74, 6) is -1.87. The van der Waals surface area contributed by atoms with Crippen molar-refractivity contribution in [1.82, 2.24) is 20.3 Å². The van der Waals surface area contributed by atoms with E-state index >= 15 is 0 Å². The van der Waals surface area contributed by atoms with E-state index in [2.05, 4.69) is 10.3 Å². The van der Waals surface area contributed by atoms with Gasteiger partial charge in [0.1, 0.15) is 0 Å². The summed E-state index contributed by atoms with van der Waals surface area (Å²) in [4.78, 5) is 18.2. The van der Waals surface area contributed by atoms with E-state index in [1.54, 1.807) is 23.3 Å². The zero-order chi connectivity index (χ0) is 22.7. The van der Waals surface area contributed by atoms with E-state index in [1.165, 1.54) is 12.1 Å². The number of carbonyl (C=O) groups is 1. The maximum atomic E-state index is 14.2. The molecule has 0 saturated carbocycles. The Kier molecular flexibility index (Phi) is 4.78. The molecule has 1 unspecified atom stereocenters. The average molecular weight is 447 g/mol. The number of fused-ring (bicyclic) bond motifs is 4. The number of amides is 1. The Morgan fingerprint density at radius 2 is 1.97 bits per heavy atom. The van der Waals surface area contributed by atoms with Gasteiger partial charge in [-0.05, 0) is 73.2 Å². The smallest absolute Gasteiger partial charge is 0.272 e. The van der Waals surface area contributed by atoms with Gasteiger partial charge in [-0.25, -0.2) is 18.8 Å². The summed E-state index contributed by atoms with van der Waals surface area (Å²) in [6, 6.07) is 13.5. The molecule has 168 valence electrons. The summed E-state index contributed by atoms with van der Waals surface area (Å²) in [5.41, 5.74) is 4.13. The molecule has 3 aromatic rings. The normalized spacial score (nSPS) is 24.9. The van der Waals surface area contributed by atoms with Gasteiger partial charge in [0.2, 0.25) is 0 Å². The zero-order valence-corrected chi connectivity index (χ0v) is 18.3. The number of nitrogens with one attached hydrogen (secondary N) is 1. The van der Waals surface area contributed by atoms with Crippen LogP contribution in [0.1, 0.15) is 47.6 Å². The van der Waals surface area contributed by atoms with Gasteiger partial charge in [0, 0.05) is 36.3 Å². The molecule has 33 heavy (non-hydrogen) atoms. The summed E-state index contributed by atoms with van der Waals surface area (Å²) in [6.45, 7) is 0. The first-order chi connectivity index (χ1) is 16.0. The van der Waals surface area contributed by atoms with Crippen LogP contribution < -0.4 is 5.32 Å². The fourth-order valence-electron chi connectivity index (χ4n) is 5.72. The average Bonchev–Trinajstić information content (AvgIpc) is 3.12. The molecule has 2 bridgehead atoms. The van der Waals surface area contributed by atoms with E-state index in [1.807, 2.05) is 36.3 Å². The third kappa shape index (κ3) is 3.26. The van der Waals surface area contributed by atoms with Crippen molar-refractivity contribution < 1.29 is 13.6 Å². The van der Waals surface area contributed by atoms with E-state index in [-0.39, 0.29) is 18.0 Å². The number of rotatable bonds is 2. The van der Waals surface area contributed by atoms with Crippen LogP contribution >= 0.6 is 0 Å². The number of aromatic nitrogens is 1. The molecule has 2 aromatic carbocycles. The second-order valence-corrected chi connectivity index (χ2v) is 9.14. The van der Waals surface area contributed by atoms with Crippen molar-refractivity contribution in [2.75, 3.05) is 7.05 Å². The van der Waals surface area contributed by atoms with Gasteiger partial charge in [0.15, 0.2) is 11.6 Å². The Balaban J connectivity index is 1.46. The Morgan fingerprint density at radius 1 is 1.09 bits per heavy atom. The molecule has 1 amide bonds. The van der Waals surface area contributed by atoms with Crippen molar-refractivity contribution in [3.63, 3.8) is 0 Å². The highest BCUT2D eigenvalue weighted by atomic mass is 19.2. The molecule has 0 spiro atoms. The molecule has 3 aliphatic rings. The number of hydrogen-bond acceptors (Lipinski definition) is 4. The topological polar surface area (TPSA) is 48.5 Å². The van der Waals surface area contributed by atoms with E-state index in [0.29, 0.717) is 17.2 Å². The number of piperidine rings is 1. The van der Waals surface area contributed by atoms with E-state index in [4.69, 9.17) is 0 Å². The van der Waals surface area contributed by atoms with Crippen LogP contribution in [0.3, 0.4) is 0 Å². The highest BCUT2D eigenvalue weighted by Crippen LogP contribution is 2.47. The van der Waals surface area contributed by atoms with Crippen LogP contribution in [0.15, 0.2) is 66.0 Å². The lowest BCUT2D eigenvalue weighted by atomic mass is 9.81. The van der Waals surface area contributed by atoms with Gasteiger partial charge in [-0.1, -0.05) is 12.1 Å². The fraction of sp³-hybridized carbons (Fsp3) is 0.308. The molecule has 7 heteroatoms. The largest absolute Gasteiger partial charge is 0.306 e. The quantitative estimate of drug-likeness (QED) is 0.619. The zero-order valence-electron chi connectivity index (χ0n) is 18.3. The van der Waals surface area contributed by atoms with Gasteiger partial charge in [-0.2, -0.15) is 0 Å². The van der Waals surface area contributed by atoms with Crippen molar-refractivity contribution in [2.24, 2.45) is 0 Å². The molecule has 1 fully saturated rings. The maximum absolute atomic E-state index is 14.2. The lowest BCUT2D eigenvalue weighted by Gasteiger charge is -2.39. The first-order valence-corrected chi connectivity index (χ1v) is 11.4. The number of likely N-dealkylation sites (N-methyl/N-ethyl adjacent to an activating group) is 1. The summed E-state index contributed by atoms with van der Waals surface area (Å²) in [7, 11) is 1.86. The van der Waals surface area contributed by atoms with Crippen molar-refractivity contribution in [2.45, 2.75) is 43.8 Å². The minimum Gasteiger partial charge on any atom is -0.306 e. The number of pyridine rings is 1. The Hall–Kier alpha value is -3.16. The summed E-state index contributed by atoms with van der Waals surface area (Å²) in [6.07, 6.45) is 5.63. The van der Waals surface area contributed by atoms with E-state index in [0.717, 1.165) is 47.9 Å². The predicted octanol–water partition coefficient (Wildman–Crippen LogP) is 4.73. The molecule has 0 aliphatic carbocycles. The van der Waals surface area contributed by atoms with E-state index in [9.17, 15) is 13.6 Å². The fourth-order valence-corrected chi connectivity index (χ4v) is 5.72. The second-order valence-electron chi connectivity index (χ2n) is 9.14. The van der Waals surface area contributed by atoms with Gasteiger partial charge in [0.25, 0.3) is 5.91 Å². The van der Waals surface area contributed by atoms with Crippen molar-refractivity contribution in [3.8, 4) is 0 Å². The Bertz CT molecular complexity index is 1310. The molecule has 1 aromatic heterocycles. The van der Waals surface area contributed by atoms with Gasteiger partial charge in [-0.15, -0.1) is 0 Å². The van der Waals surface area contributed by atoms with Gasteiger partial charge >= 0.3 is 0 Å². The van der Waals surface area contributed by atoms with Crippen LogP contribution in [-0.4, -0.2) is 40.0 Å². The third-order valence-electron chi connectivity index (χ3n) is 7.16. The van der Waals surface area contributed by atoms with Crippen molar-refractivity contribution in [3.05, 3.63) is 88.8 Å². The number of hydrogen-bond donors (Lipinski definition) is 1. The number of nitrogens with zero attached hydrogens (tertiary/aromatic N) is 3. The van der Waals surface area contributed by atoms with Crippen LogP contribution in [0.2, 0.25) is 0 Å². The monoisotopic (exact) mass is 446 g/mol.